The molecule has 12 heteroatoms. The second-order valence-electron chi connectivity index (χ2n) is 10.0. The fraction of sp³-hybridized carbons (Fsp3) is 0.333. The van der Waals surface area contributed by atoms with E-state index in [0.717, 1.165) is 22.2 Å². The van der Waals surface area contributed by atoms with E-state index in [-0.39, 0.29) is 23.2 Å². The molecule has 0 aliphatic rings. The van der Waals surface area contributed by atoms with E-state index < -0.39 is 46.2 Å². The zero-order chi connectivity index (χ0) is 31.2. The smallest absolute Gasteiger partial charge is 0.352 e. The zero-order valence-corrected chi connectivity index (χ0v) is 26.1. The van der Waals surface area contributed by atoms with Gasteiger partial charge in [-0.25, -0.2) is 8.42 Å². The molecule has 0 unspecified atom stereocenters. The second kappa shape index (κ2) is 13.7. The molecule has 0 aliphatic carbocycles. The summed E-state index contributed by atoms with van der Waals surface area (Å²) >= 11 is 3.36. The Kier molecular flexibility index (Phi) is 10.8. The van der Waals surface area contributed by atoms with Gasteiger partial charge in [0.15, 0.2) is 0 Å². The largest absolute Gasteiger partial charge is 0.416 e. The summed E-state index contributed by atoms with van der Waals surface area (Å²) in [6.07, 6.45) is -4.09. The van der Waals surface area contributed by atoms with E-state index in [1.165, 1.54) is 30.0 Å². The van der Waals surface area contributed by atoms with E-state index >= 15 is 0 Å². The normalized spacial score (nSPS) is 13.2. The third-order valence-electron chi connectivity index (χ3n) is 6.78. The van der Waals surface area contributed by atoms with Crippen LogP contribution >= 0.6 is 15.9 Å². The van der Waals surface area contributed by atoms with Crippen molar-refractivity contribution in [3.05, 3.63) is 94.0 Å². The summed E-state index contributed by atoms with van der Waals surface area (Å²) in [6.45, 7) is 6.11. The lowest BCUT2D eigenvalue weighted by atomic mass is 10.1. The highest BCUT2D eigenvalue weighted by Gasteiger charge is 2.35. The highest BCUT2D eigenvalue weighted by Crippen LogP contribution is 2.33. The molecule has 0 fully saturated rings. The van der Waals surface area contributed by atoms with Crippen molar-refractivity contribution in [2.75, 3.05) is 10.8 Å². The van der Waals surface area contributed by atoms with Crippen molar-refractivity contribution in [3.8, 4) is 0 Å². The van der Waals surface area contributed by atoms with Gasteiger partial charge in [-0.05, 0) is 75.2 Å². The van der Waals surface area contributed by atoms with Crippen LogP contribution in [0.2, 0.25) is 0 Å². The van der Waals surface area contributed by atoms with Crippen LogP contribution in [-0.2, 0) is 32.3 Å². The number of anilines is 1. The summed E-state index contributed by atoms with van der Waals surface area (Å²) < 4.78 is 69.9. The number of amides is 2. The van der Waals surface area contributed by atoms with Crippen LogP contribution in [0.15, 0.2) is 82.2 Å². The Morgan fingerprint density at radius 3 is 2.17 bits per heavy atom. The molecule has 0 aliphatic heterocycles. The van der Waals surface area contributed by atoms with Crippen molar-refractivity contribution in [2.45, 2.75) is 63.8 Å². The number of nitrogens with zero attached hydrogens (tertiary/aromatic N) is 2. The van der Waals surface area contributed by atoms with Gasteiger partial charge in [0.25, 0.3) is 10.0 Å². The monoisotopic (exact) mass is 667 g/mol. The summed E-state index contributed by atoms with van der Waals surface area (Å²) in [6, 6.07) is 15.4. The zero-order valence-electron chi connectivity index (χ0n) is 23.7. The highest BCUT2D eigenvalue weighted by atomic mass is 79.9. The summed E-state index contributed by atoms with van der Waals surface area (Å²) in [4.78, 5) is 28.1. The topological polar surface area (TPSA) is 86.8 Å². The van der Waals surface area contributed by atoms with Crippen LogP contribution in [0.1, 0.15) is 43.9 Å². The first kappa shape index (κ1) is 33.1. The molecule has 0 spiro atoms. The van der Waals surface area contributed by atoms with Gasteiger partial charge in [-0.1, -0.05) is 58.7 Å². The molecule has 7 nitrogen and oxygen atoms in total. The molecule has 0 saturated heterocycles. The van der Waals surface area contributed by atoms with E-state index in [9.17, 15) is 31.2 Å². The van der Waals surface area contributed by atoms with Gasteiger partial charge in [0.2, 0.25) is 11.8 Å². The first-order valence-electron chi connectivity index (χ1n) is 13.2. The van der Waals surface area contributed by atoms with Crippen molar-refractivity contribution in [1.29, 1.82) is 0 Å². The number of carbonyl (C=O) groups excluding carboxylic acids is 2. The maximum atomic E-state index is 13.9. The van der Waals surface area contributed by atoms with Gasteiger partial charge in [0, 0.05) is 17.1 Å². The fourth-order valence-electron chi connectivity index (χ4n) is 4.04. The Hall–Kier alpha value is -3.38. The number of hydrogen-bond donors (Lipinski definition) is 1. The van der Waals surface area contributed by atoms with Crippen LogP contribution in [0.25, 0.3) is 0 Å². The highest BCUT2D eigenvalue weighted by molar-refractivity contribution is 9.10. The van der Waals surface area contributed by atoms with Gasteiger partial charge in [-0.3, -0.25) is 13.9 Å². The molecule has 226 valence electrons. The van der Waals surface area contributed by atoms with E-state index in [2.05, 4.69) is 21.2 Å². The van der Waals surface area contributed by atoms with Crippen molar-refractivity contribution in [3.63, 3.8) is 0 Å². The summed E-state index contributed by atoms with van der Waals surface area (Å²) in [5.74, 6) is -1.21. The number of rotatable bonds is 11. The Balaban J connectivity index is 2.08. The quantitative estimate of drug-likeness (QED) is 0.260. The predicted molar refractivity (Wildman–Crippen MR) is 159 cm³/mol. The number of hydrogen-bond acceptors (Lipinski definition) is 4. The van der Waals surface area contributed by atoms with Gasteiger partial charge in [-0.15, -0.1) is 0 Å². The number of alkyl halides is 3. The van der Waals surface area contributed by atoms with Gasteiger partial charge in [-0.2, -0.15) is 13.2 Å². The minimum Gasteiger partial charge on any atom is -0.352 e. The van der Waals surface area contributed by atoms with Crippen molar-refractivity contribution < 1.29 is 31.2 Å². The number of halogens is 4. The molecule has 3 rings (SSSR count). The molecule has 3 aromatic rings. The van der Waals surface area contributed by atoms with E-state index in [1.807, 2.05) is 13.8 Å². The van der Waals surface area contributed by atoms with Gasteiger partial charge in [0.05, 0.1) is 16.1 Å². The number of carbonyl (C=O) groups is 2. The standard InChI is InChI=1S/C30H33BrF3N3O4S/c1-5-21(3)35-29(39)22(4)36(18-23-11-13-25(31)14-12-23)28(38)19-37(26-8-6-7-24(17-26)30(32,33)34)42(40,41)27-15-9-20(2)10-16-27/h6-17,21-22H,5,18-19H2,1-4H3,(H,35,39)/t21-,22-/m0/s1. The number of sulfonamides is 1. The molecule has 3 aromatic carbocycles. The lowest BCUT2D eigenvalue weighted by molar-refractivity contribution is -0.139. The molecule has 0 saturated carbocycles. The van der Waals surface area contributed by atoms with E-state index in [0.29, 0.717) is 22.4 Å². The van der Waals surface area contributed by atoms with Crippen LogP contribution in [0.3, 0.4) is 0 Å². The Bertz CT molecular complexity index is 1500. The lowest BCUT2D eigenvalue weighted by Gasteiger charge is -2.32. The van der Waals surface area contributed by atoms with Crippen LogP contribution in [0.5, 0.6) is 0 Å². The third-order valence-corrected chi connectivity index (χ3v) is 9.10. The molecule has 0 radical (unpaired) electrons. The first-order chi connectivity index (χ1) is 19.6. The number of nitrogens with one attached hydrogen (secondary N) is 1. The molecule has 0 heterocycles. The van der Waals surface area contributed by atoms with Crippen LogP contribution in [0, 0.1) is 6.92 Å². The fourth-order valence-corrected chi connectivity index (χ4v) is 5.71. The molecule has 2 atom stereocenters. The number of aryl methyl sites for hydroxylation is 1. The number of benzene rings is 3. The minimum atomic E-state index is -4.74. The lowest BCUT2D eigenvalue weighted by Crippen LogP contribution is -2.52. The van der Waals surface area contributed by atoms with Crippen molar-refractivity contribution in [2.24, 2.45) is 0 Å². The van der Waals surface area contributed by atoms with Crippen LogP contribution in [-0.4, -0.2) is 43.8 Å². The summed E-state index contributed by atoms with van der Waals surface area (Å²) in [5, 5.41) is 2.83. The maximum absolute atomic E-state index is 13.9. The third kappa shape index (κ3) is 8.34. The predicted octanol–water partition coefficient (Wildman–Crippen LogP) is 6.30. The second-order valence-corrected chi connectivity index (χ2v) is 12.8. The van der Waals surface area contributed by atoms with Gasteiger partial charge < -0.3 is 10.2 Å². The Morgan fingerprint density at radius 2 is 1.60 bits per heavy atom. The van der Waals surface area contributed by atoms with Crippen LogP contribution in [0.4, 0.5) is 18.9 Å². The molecule has 42 heavy (non-hydrogen) atoms. The molecule has 1 N–H and O–H groups in total. The van der Waals surface area contributed by atoms with Crippen molar-refractivity contribution >= 4 is 43.5 Å². The van der Waals surface area contributed by atoms with E-state index in [1.54, 1.807) is 43.3 Å². The van der Waals surface area contributed by atoms with Crippen molar-refractivity contribution in [1.82, 2.24) is 10.2 Å². The Labute approximate surface area is 252 Å². The van der Waals surface area contributed by atoms with Gasteiger partial charge in [0.1, 0.15) is 12.6 Å². The first-order valence-corrected chi connectivity index (χ1v) is 15.5. The summed E-state index contributed by atoms with van der Waals surface area (Å²) in [5.41, 5.74) is 0.0443. The molecule has 0 aromatic heterocycles. The summed E-state index contributed by atoms with van der Waals surface area (Å²) in [7, 11) is -4.50. The average Bonchev–Trinajstić information content (AvgIpc) is 2.94. The SMILES string of the molecule is CC[C@H](C)NC(=O)[C@H](C)N(Cc1ccc(Br)cc1)C(=O)CN(c1cccc(C(F)(F)F)c1)S(=O)(=O)c1ccc(C)cc1. The Morgan fingerprint density at radius 1 is 0.976 bits per heavy atom. The molecular weight excluding hydrogens is 635 g/mol. The molecule has 0 bridgehead atoms. The van der Waals surface area contributed by atoms with Crippen LogP contribution < -0.4 is 9.62 Å². The molecule has 2 amide bonds. The average molecular weight is 669 g/mol. The molecular formula is C30H33BrF3N3O4S. The minimum absolute atomic E-state index is 0.0395. The maximum Gasteiger partial charge on any atom is 0.416 e. The van der Waals surface area contributed by atoms with Gasteiger partial charge >= 0.3 is 6.18 Å². The van der Waals surface area contributed by atoms with E-state index in [4.69, 9.17) is 0 Å².